The van der Waals surface area contributed by atoms with Crippen molar-refractivity contribution in [3.8, 4) is 0 Å². The summed E-state index contributed by atoms with van der Waals surface area (Å²) < 4.78 is 5.49. The summed E-state index contributed by atoms with van der Waals surface area (Å²) in [5, 5.41) is -0.387. The van der Waals surface area contributed by atoms with Crippen LogP contribution in [0.15, 0.2) is 38.3 Å². The molecule has 3 aromatic rings. The minimum atomic E-state index is -0.680. The number of hydrogen-bond acceptors (Lipinski definition) is 3. The Morgan fingerprint density at radius 3 is 2.33 bits per heavy atom. The first-order chi connectivity index (χ1) is 9.95. The maximum absolute atomic E-state index is 11.4. The summed E-state index contributed by atoms with van der Waals surface area (Å²) >= 11 is 6.50. The van der Waals surface area contributed by atoms with Crippen molar-refractivity contribution in [2.24, 2.45) is 0 Å². The first-order valence-corrected chi connectivity index (χ1v) is 6.86. The van der Waals surface area contributed by atoms with Gasteiger partial charge in [0.05, 0.1) is 16.4 Å². The van der Waals surface area contributed by atoms with Gasteiger partial charge < -0.3 is 14.4 Å². The first kappa shape index (κ1) is 13.7. The zero-order valence-corrected chi connectivity index (χ0v) is 12.2. The molecule has 0 fully saturated rings. The largest absolute Gasteiger partial charge is 0.466 e. The summed E-state index contributed by atoms with van der Waals surface area (Å²) in [4.78, 5) is 27.7. The van der Waals surface area contributed by atoms with Gasteiger partial charge in [-0.15, -0.1) is 11.6 Å². The molecule has 2 aromatic heterocycles. The Morgan fingerprint density at radius 1 is 1.05 bits per heavy atom. The summed E-state index contributed by atoms with van der Waals surface area (Å²) in [6.07, 6.45) is 0. The molecule has 0 radical (unpaired) electrons. The predicted molar refractivity (Wildman–Crippen MR) is 81.1 cm³/mol. The highest BCUT2D eigenvalue weighted by atomic mass is 35.5. The Labute approximate surface area is 124 Å². The number of aromatic nitrogens is 2. The maximum Gasteiger partial charge on any atom is 0.314 e. The van der Waals surface area contributed by atoms with Gasteiger partial charge in [0.15, 0.2) is 0 Å². The van der Waals surface area contributed by atoms with Gasteiger partial charge in [0.1, 0.15) is 11.5 Å². The number of hydrogen-bond donors (Lipinski definition) is 2. The van der Waals surface area contributed by atoms with Crippen molar-refractivity contribution in [3.63, 3.8) is 0 Å². The molecule has 0 spiro atoms. The van der Waals surface area contributed by atoms with Crippen molar-refractivity contribution in [1.82, 2.24) is 9.97 Å². The fourth-order valence-electron chi connectivity index (χ4n) is 2.37. The van der Waals surface area contributed by atoms with Crippen LogP contribution in [-0.4, -0.2) is 9.97 Å². The van der Waals surface area contributed by atoms with Crippen molar-refractivity contribution in [2.45, 2.75) is 19.2 Å². The van der Waals surface area contributed by atoms with E-state index < -0.39 is 11.1 Å². The number of aromatic amines is 2. The lowest BCUT2D eigenvalue weighted by atomic mass is 10.0. The molecular formula is C15H13ClN2O3. The molecular weight excluding hydrogens is 292 g/mol. The molecule has 1 atom stereocenters. The average Bonchev–Trinajstić information content (AvgIpc) is 2.78. The van der Waals surface area contributed by atoms with Crippen LogP contribution in [-0.2, 0) is 0 Å². The summed E-state index contributed by atoms with van der Waals surface area (Å²) in [6.45, 7) is 3.72. The number of fused-ring (bicyclic) bond motifs is 1. The third-order valence-electron chi connectivity index (χ3n) is 3.39. The fraction of sp³-hybridized carbons (Fsp3) is 0.200. The Hall–Kier alpha value is -2.27. The van der Waals surface area contributed by atoms with Crippen LogP contribution in [0.2, 0.25) is 0 Å². The second-order valence-electron chi connectivity index (χ2n) is 4.94. The SMILES string of the molecule is Cc1cc(C(Cl)c2ccc3[nH]c(=O)c(=O)[nH]c3c2)c(C)o1. The van der Waals surface area contributed by atoms with Crippen molar-refractivity contribution < 1.29 is 4.42 Å². The van der Waals surface area contributed by atoms with Crippen LogP contribution in [0, 0.1) is 13.8 Å². The molecule has 108 valence electrons. The molecule has 1 aromatic carbocycles. The topological polar surface area (TPSA) is 78.9 Å². The van der Waals surface area contributed by atoms with Crippen LogP contribution in [0.5, 0.6) is 0 Å². The van der Waals surface area contributed by atoms with E-state index in [1.54, 1.807) is 12.1 Å². The summed E-state index contributed by atoms with van der Waals surface area (Å²) in [5.74, 6) is 1.56. The zero-order valence-electron chi connectivity index (χ0n) is 11.5. The third-order valence-corrected chi connectivity index (χ3v) is 3.88. The van der Waals surface area contributed by atoms with E-state index in [4.69, 9.17) is 16.0 Å². The molecule has 3 rings (SSSR count). The van der Waals surface area contributed by atoms with Gasteiger partial charge in [0.2, 0.25) is 0 Å². The van der Waals surface area contributed by atoms with Crippen molar-refractivity contribution in [2.75, 3.05) is 0 Å². The van der Waals surface area contributed by atoms with Gasteiger partial charge in [-0.2, -0.15) is 0 Å². The smallest absolute Gasteiger partial charge is 0.314 e. The maximum atomic E-state index is 11.4. The number of rotatable bonds is 2. The number of alkyl halides is 1. The van der Waals surface area contributed by atoms with E-state index >= 15 is 0 Å². The molecule has 0 saturated carbocycles. The molecule has 0 amide bonds. The van der Waals surface area contributed by atoms with E-state index in [0.29, 0.717) is 11.0 Å². The summed E-state index contributed by atoms with van der Waals surface area (Å²) in [6, 6.07) is 7.19. The second kappa shape index (κ2) is 4.93. The molecule has 6 heteroatoms. The van der Waals surface area contributed by atoms with Gasteiger partial charge in [-0.05, 0) is 37.6 Å². The van der Waals surface area contributed by atoms with Crippen molar-refractivity contribution in [3.05, 3.63) is 67.6 Å². The molecule has 21 heavy (non-hydrogen) atoms. The molecule has 5 nitrogen and oxygen atoms in total. The molecule has 0 aliphatic carbocycles. The van der Waals surface area contributed by atoms with Gasteiger partial charge in [0.25, 0.3) is 0 Å². The quantitative estimate of drug-likeness (QED) is 0.564. The molecule has 0 saturated heterocycles. The third kappa shape index (κ3) is 2.40. The van der Waals surface area contributed by atoms with Crippen LogP contribution in [0.4, 0.5) is 0 Å². The monoisotopic (exact) mass is 304 g/mol. The van der Waals surface area contributed by atoms with E-state index in [1.165, 1.54) is 0 Å². The normalized spacial score (nSPS) is 12.7. The van der Waals surface area contributed by atoms with Gasteiger partial charge in [-0.3, -0.25) is 9.59 Å². The lowest BCUT2D eigenvalue weighted by molar-refractivity contribution is 0.501. The molecule has 0 aliphatic heterocycles. The number of nitrogens with one attached hydrogen (secondary N) is 2. The molecule has 2 N–H and O–H groups in total. The van der Waals surface area contributed by atoms with Gasteiger partial charge in [0, 0.05) is 5.56 Å². The van der Waals surface area contributed by atoms with E-state index in [1.807, 2.05) is 26.0 Å². The fourth-order valence-corrected chi connectivity index (χ4v) is 2.72. The highest BCUT2D eigenvalue weighted by Crippen LogP contribution is 2.33. The Kier molecular flexibility index (Phi) is 3.22. The number of benzene rings is 1. The Bertz CT molecular complexity index is 936. The minimum absolute atomic E-state index is 0.387. The number of halogens is 1. The number of furan rings is 1. The highest BCUT2D eigenvalue weighted by molar-refractivity contribution is 6.22. The first-order valence-electron chi connectivity index (χ1n) is 6.43. The lowest BCUT2D eigenvalue weighted by Gasteiger charge is -2.09. The average molecular weight is 305 g/mol. The predicted octanol–water partition coefficient (Wildman–Crippen LogP) is 2.75. The molecule has 0 aliphatic rings. The van der Waals surface area contributed by atoms with Gasteiger partial charge >= 0.3 is 11.1 Å². The van der Waals surface area contributed by atoms with E-state index in [2.05, 4.69) is 9.97 Å². The number of aryl methyl sites for hydroxylation is 2. The Balaban J connectivity index is 2.12. The minimum Gasteiger partial charge on any atom is -0.466 e. The summed E-state index contributed by atoms with van der Waals surface area (Å²) in [5.41, 5.74) is 1.46. The number of H-pyrrole nitrogens is 2. The van der Waals surface area contributed by atoms with Crippen LogP contribution >= 0.6 is 11.6 Å². The van der Waals surface area contributed by atoms with Crippen LogP contribution in [0.1, 0.15) is 28.0 Å². The van der Waals surface area contributed by atoms with Gasteiger partial charge in [-0.1, -0.05) is 6.07 Å². The Morgan fingerprint density at radius 2 is 1.71 bits per heavy atom. The van der Waals surface area contributed by atoms with Crippen LogP contribution < -0.4 is 11.1 Å². The van der Waals surface area contributed by atoms with Crippen LogP contribution in [0.25, 0.3) is 11.0 Å². The van der Waals surface area contributed by atoms with Crippen LogP contribution in [0.3, 0.4) is 0 Å². The molecule has 1 unspecified atom stereocenters. The van der Waals surface area contributed by atoms with Crippen molar-refractivity contribution in [1.29, 1.82) is 0 Å². The van der Waals surface area contributed by atoms with E-state index in [0.717, 1.165) is 22.6 Å². The molecule has 2 heterocycles. The zero-order chi connectivity index (χ0) is 15.1. The van der Waals surface area contributed by atoms with E-state index in [-0.39, 0.29) is 5.38 Å². The van der Waals surface area contributed by atoms with Crippen molar-refractivity contribution >= 4 is 22.6 Å². The van der Waals surface area contributed by atoms with Gasteiger partial charge in [-0.25, -0.2) is 0 Å². The van der Waals surface area contributed by atoms with E-state index in [9.17, 15) is 9.59 Å². The second-order valence-corrected chi connectivity index (χ2v) is 5.38. The molecule has 0 bridgehead atoms. The summed E-state index contributed by atoms with van der Waals surface area (Å²) in [7, 11) is 0. The standard InChI is InChI=1S/C15H13ClN2O3/c1-7-5-10(8(2)21-7)13(16)9-3-4-11-12(6-9)18-15(20)14(19)17-11/h3-6,13H,1-2H3,(H,17,19)(H,18,20). The lowest BCUT2D eigenvalue weighted by Crippen LogP contribution is -2.28. The highest BCUT2D eigenvalue weighted by Gasteiger charge is 2.17.